The van der Waals surface area contributed by atoms with Gasteiger partial charge in [0.2, 0.25) is 27.8 Å². The molecule has 2 saturated heterocycles. The van der Waals surface area contributed by atoms with Gasteiger partial charge in [-0.3, -0.25) is 34.2 Å². The maximum atomic E-state index is 14.3. The van der Waals surface area contributed by atoms with E-state index in [0.717, 1.165) is 41.4 Å². The van der Waals surface area contributed by atoms with Crippen molar-refractivity contribution in [2.45, 2.75) is 63.6 Å². The minimum absolute atomic E-state index is 0.0305. The van der Waals surface area contributed by atoms with Crippen molar-refractivity contribution >= 4 is 72.9 Å². The Balaban J connectivity index is 0.807. The molecule has 5 amide bonds. The third-order valence-electron chi connectivity index (χ3n) is 10.7. The third-order valence-corrected chi connectivity index (χ3v) is 13.2. The Labute approximate surface area is 365 Å². The van der Waals surface area contributed by atoms with Gasteiger partial charge < -0.3 is 25.8 Å². The molecule has 20 heteroatoms. The normalized spacial score (nSPS) is 17.2. The fourth-order valence-electron chi connectivity index (χ4n) is 7.56. The van der Waals surface area contributed by atoms with Crippen molar-refractivity contribution in [2.75, 3.05) is 42.7 Å². The number of nitrogens with one attached hydrogen (secondary N) is 3. The first-order valence-electron chi connectivity index (χ1n) is 20.0. The van der Waals surface area contributed by atoms with Gasteiger partial charge in [0.05, 0.1) is 39.2 Å². The van der Waals surface area contributed by atoms with Crippen LogP contribution in [-0.4, -0.2) is 101 Å². The lowest BCUT2D eigenvalue weighted by molar-refractivity contribution is -0.136. The second-order valence-corrected chi connectivity index (χ2v) is 17.9. The predicted octanol–water partition coefficient (Wildman–Crippen LogP) is 4.45. The number of hydrogen-bond acceptors (Lipinski definition) is 13. The first-order chi connectivity index (χ1) is 29.8. The molecule has 4 heterocycles. The van der Waals surface area contributed by atoms with Crippen LogP contribution in [0.2, 0.25) is 0 Å². The Morgan fingerprint density at radius 1 is 0.968 bits per heavy atom. The minimum Gasteiger partial charge on any atom is -0.488 e. The number of benzene rings is 3. The van der Waals surface area contributed by atoms with Crippen molar-refractivity contribution in [3.63, 3.8) is 0 Å². The number of sulfonamides is 1. The lowest BCUT2D eigenvalue weighted by Crippen LogP contribution is -2.54. The van der Waals surface area contributed by atoms with Gasteiger partial charge in [-0.1, -0.05) is 36.4 Å². The van der Waals surface area contributed by atoms with Gasteiger partial charge in [-0.05, 0) is 89.8 Å². The van der Waals surface area contributed by atoms with Gasteiger partial charge in [0, 0.05) is 38.4 Å². The summed E-state index contributed by atoms with van der Waals surface area (Å²) in [6.45, 7) is 1.23. The highest BCUT2D eigenvalue weighted by molar-refractivity contribution is 9.10. The van der Waals surface area contributed by atoms with Crippen LogP contribution in [0.5, 0.6) is 5.75 Å². The lowest BCUT2D eigenvalue weighted by Gasteiger charge is -2.31. The molecule has 1 atom stereocenters. The SMILES string of the molecule is NC(=O)c1c(F)cccc1Nc1nc(NC2CCN(S(=O)(=O)CCOCCCCc3cccc(COc4cccc5c4C(=O)N(C4CCC(=O)NC4=O)C5=O)c3)CC2)ncc1Br. The summed E-state index contributed by atoms with van der Waals surface area (Å²) >= 11 is 3.36. The summed E-state index contributed by atoms with van der Waals surface area (Å²) in [7, 11) is -3.54. The van der Waals surface area contributed by atoms with Gasteiger partial charge in [0.25, 0.3) is 17.7 Å². The van der Waals surface area contributed by atoms with Gasteiger partial charge in [0.15, 0.2) is 0 Å². The summed E-state index contributed by atoms with van der Waals surface area (Å²) in [5, 5.41) is 8.36. The van der Waals surface area contributed by atoms with Crippen LogP contribution >= 0.6 is 15.9 Å². The van der Waals surface area contributed by atoms with Crippen LogP contribution in [0.1, 0.15) is 80.7 Å². The number of imide groups is 2. The monoisotopic (exact) mass is 934 g/mol. The maximum Gasteiger partial charge on any atom is 0.266 e. The molecule has 4 aromatic rings. The second-order valence-electron chi connectivity index (χ2n) is 15.0. The average Bonchev–Trinajstić information content (AvgIpc) is 3.50. The summed E-state index contributed by atoms with van der Waals surface area (Å²) < 4.78 is 54.1. The highest BCUT2D eigenvalue weighted by Gasteiger charge is 2.46. The largest absolute Gasteiger partial charge is 0.488 e. The number of fused-ring (bicyclic) bond motifs is 1. The minimum atomic E-state index is -3.54. The van der Waals surface area contributed by atoms with Gasteiger partial charge >= 0.3 is 0 Å². The molecule has 0 bridgehead atoms. The molecule has 0 spiro atoms. The number of hydrogen-bond donors (Lipinski definition) is 4. The van der Waals surface area contributed by atoms with Crippen LogP contribution < -0.4 is 26.4 Å². The Bertz CT molecular complexity index is 2500. The Morgan fingerprint density at radius 2 is 1.73 bits per heavy atom. The number of halogens is 2. The average molecular weight is 936 g/mol. The molecule has 1 unspecified atom stereocenters. The van der Waals surface area contributed by atoms with E-state index in [1.807, 2.05) is 24.3 Å². The number of unbranched alkanes of at least 4 members (excludes halogenated alkanes) is 1. The second kappa shape index (κ2) is 19.5. The van der Waals surface area contributed by atoms with Crippen molar-refractivity contribution in [2.24, 2.45) is 5.73 Å². The van der Waals surface area contributed by atoms with Crippen molar-refractivity contribution < 1.29 is 46.3 Å². The summed E-state index contributed by atoms with van der Waals surface area (Å²) in [5.41, 5.74) is 7.38. The molecular weight excluding hydrogens is 891 g/mol. The molecule has 1 aromatic heterocycles. The number of amides is 5. The maximum absolute atomic E-state index is 14.3. The molecule has 5 N–H and O–H groups in total. The number of rotatable bonds is 18. The Kier molecular flexibility index (Phi) is 13.9. The topological polar surface area (TPSA) is 232 Å². The van der Waals surface area contributed by atoms with Crippen LogP contribution in [0.15, 0.2) is 71.3 Å². The zero-order valence-corrected chi connectivity index (χ0v) is 35.8. The van der Waals surface area contributed by atoms with E-state index in [0.29, 0.717) is 37.0 Å². The van der Waals surface area contributed by atoms with Crippen molar-refractivity contribution in [3.8, 4) is 5.75 Å². The number of aryl methyl sites for hydroxylation is 1. The first-order valence-corrected chi connectivity index (χ1v) is 22.4. The van der Waals surface area contributed by atoms with Crippen LogP contribution in [-0.2, 0) is 37.4 Å². The highest BCUT2D eigenvalue weighted by atomic mass is 79.9. The molecule has 0 aliphatic carbocycles. The number of carbonyl (C=O) groups excluding carboxylic acids is 5. The van der Waals surface area contributed by atoms with Crippen LogP contribution in [0.3, 0.4) is 0 Å². The molecule has 3 aliphatic heterocycles. The number of primary amides is 1. The molecule has 62 heavy (non-hydrogen) atoms. The summed E-state index contributed by atoms with van der Waals surface area (Å²) in [5.74, 6) is -3.40. The van der Waals surface area contributed by atoms with Crippen LogP contribution in [0.25, 0.3) is 0 Å². The third kappa shape index (κ3) is 10.3. The van der Waals surface area contributed by atoms with Gasteiger partial charge in [-0.25, -0.2) is 22.1 Å². The number of anilines is 3. The molecule has 3 aliphatic rings. The number of piperidine rings is 2. The molecule has 2 fully saturated rings. The van der Waals surface area contributed by atoms with Crippen molar-refractivity contribution in [1.82, 2.24) is 24.5 Å². The Morgan fingerprint density at radius 3 is 2.50 bits per heavy atom. The van der Waals surface area contributed by atoms with Gasteiger partial charge in [-0.2, -0.15) is 4.98 Å². The number of nitrogens with two attached hydrogens (primary N) is 1. The number of nitrogens with zero attached hydrogens (tertiary/aromatic N) is 4. The van der Waals surface area contributed by atoms with E-state index in [2.05, 4.69) is 41.8 Å². The van der Waals surface area contributed by atoms with E-state index in [4.69, 9.17) is 15.2 Å². The molecule has 0 saturated carbocycles. The van der Waals surface area contributed by atoms with Crippen LogP contribution in [0.4, 0.5) is 21.8 Å². The van der Waals surface area contributed by atoms with E-state index in [1.54, 1.807) is 12.1 Å². The summed E-state index contributed by atoms with van der Waals surface area (Å²) in [6, 6.07) is 15.4. The molecule has 326 valence electrons. The number of carbonyl (C=O) groups is 5. The smallest absolute Gasteiger partial charge is 0.266 e. The highest BCUT2D eigenvalue weighted by Crippen LogP contribution is 2.34. The van der Waals surface area contributed by atoms with Crippen LogP contribution in [0, 0.1) is 5.82 Å². The fourth-order valence-corrected chi connectivity index (χ4v) is 9.20. The fraction of sp³-hybridized carbons (Fsp3) is 0.357. The molecule has 0 radical (unpaired) electrons. The first kappa shape index (κ1) is 44.2. The molecular formula is C42H44BrFN8O9S. The van der Waals surface area contributed by atoms with E-state index in [9.17, 15) is 36.8 Å². The van der Waals surface area contributed by atoms with Gasteiger partial charge in [-0.15, -0.1) is 0 Å². The molecule has 17 nitrogen and oxygen atoms in total. The lowest BCUT2D eigenvalue weighted by atomic mass is 10.0. The summed E-state index contributed by atoms with van der Waals surface area (Å²) in [4.78, 5) is 72.1. The van der Waals surface area contributed by atoms with E-state index in [1.165, 1.54) is 28.7 Å². The predicted molar refractivity (Wildman–Crippen MR) is 228 cm³/mol. The van der Waals surface area contributed by atoms with E-state index >= 15 is 0 Å². The zero-order chi connectivity index (χ0) is 44.0. The number of ether oxygens (including phenoxy) is 2. The zero-order valence-electron chi connectivity index (χ0n) is 33.4. The van der Waals surface area contributed by atoms with Gasteiger partial charge in [0.1, 0.15) is 30.0 Å². The molecule has 7 rings (SSSR count). The van der Waals surface area contributed by atoms with E-state index in [-0.39, 0.29) is 77.7 Å². The molecule has 3 aromatic carbocycles. The Hall–Kier alpha value is -5.83. The van der Waals surface area contributed by atoms with Crippen molar-refractivity contribution in [1.29, 1.82) is 0 Å². The number of aromatic nitrogens is 2. The standard InChI is InChI=1S/C42H44BrFN8O9S/c43-29-23-46-42(50-38(29)48-31-11-5-10-30(44)36(31)37(45)54)47-27-15-17-51(18-16-27)62(58,59)21-20-60-19-2-1-6-25-7-3-8-26(22-25)24-61-33-12-4-9-28-35(33)41(57)52(40(28)56)32-13-14-34(53)49-39(32)55/h3-5,7-12,22-23,27,32H,1-2,6,13-21,24H2,(H2,45,54)(H,49,53,55)(H2,46,47,48,50). The van der Waals surface area contributed by atoms with Crippen molar-refractivity contribution in [3.05, 3.63) is 105 Å². The quantitative estimate of drug-likeness (QED) is 0.0800. The van der Waals surface area contributed by atoms with E-state index < -0.39 is 51.4 Å². The summed E-state index contributed by atoms with van der Waals surface area (Å²) in [6.07, 6.45) is 4.91.